The minimum absolute atomic E-state index is 0.0121. The molecule has 1 heterocycles. The van der Waals surface area contributed by atoms with Gasteiger partial charge < -0.3 is 4.90 Å². The van der Waals surface area contributed by atoms with Crippen molar-refractivity contribution in [3.63, 3.8) is 0 Å². The zero-order valence-corrected chi connectivity index (χ0v) is 17.0. The Hall–Kier alpha value is -2.17. The summed E-state index contributed by atoms with van der Waals surface area (Å²) in [6.45, 7) is 10.2. The summed E-state index contributed by atoms with van der Waals surface area (Å²) in [5, 5.41) is 0. The maximum absolute atomic E-state index is 13.2. The molecule has 0 radical (unpaired) electrons. The molecule has 27 heavy (non-hydrogen) atoms. The Labute approximate surface area is 161 Å². The van der Waals surface area contributed by atoms with E-state index in [-0.39, 0.29) is 30.1 Å². The second kappa shape index (κ2) is 7.10. The molecule has 0 aromatic heterocycles. The summed E-state index contributed by atoms with van der Waals surface area (Å²) in [7, 11) is 0. The normalized spacial score (nSPS) is 20.5. The SMILES string of the molecule is CCC(C)(C)N(C(=O)C1CC1)C1CC(=O)N(c2ccc(C(C)C)cc2)C1=O. The quantitative estimate of drug-likeness (QED) is 0.714. The highest BCUT2D eigenvalue weighted by Gasteiger charge is 2.50. The van der Waals surface area contributed by atoms with Gasteiger partial charge in [0, 0.05) is 11.5 Å². The summed E-state index contributed by atoms with van der Waals surface area (Å²) in [4.78, 5) is 41.8. The molecular weight excluding hydrogens is 340 g/mol. The molecule has 2 aliphatic rings. The summed E-state index contributed by atoms with van der Waals surface area (Å²) in [5.74, 6) is -0.104. The van der Waals surface area contributed by atoms with Gasteiger partial charge in [-0.1, -0.05) is 32.9 Å². The lowest BCUT2D eigenvalue weighted by Crippen LogP contribution is -2.56. The summed E-state index contributed by atoms with van der Waals surface area (Å²) in [6, 6.07) is 6.86. The number of benzene rings is 1. The van der Waals surface area contributed by atoms with Crippen LogP contribution in [0.5, 0.6) is 0 Å². The Balaban J connectivity index is 1.90. The average Bonchev–Trinajstić information content (AvgIpc) is 3.42. The first-order valence-electron chi connectivity index (χ1n) is 9.97. The highest BCUT2D eigenvalue weighted by Crippen LogP contribution is 2.38. The van der Waals surface area contributed by atoms with Crippen molar-refractivity contribution in [2.24, 2.45) is 5.92 Å². The smallest absolute Gasteiger partial charge is 0.257 e. The van der Waals surface area contributed by atoms with E-state index in [4.69, 9.17) is 0 Å². The monoisotopic (exact) mass is 370 g/mol. The van der Waals surface area contributed by atoms with Gasteiger partial charge in [-0.15, -0.1) is 0 Å². The highest BCUT2D eigenvalue weighted by molar-refractivity contribution is 6.23. The van der Waals surface area contributed by atoms with Gasteiger partial charge in [-0.05, 0) is 56.7 Å². The first-order chi connectivity index (χ1) is 12.7. The molecule has 3 rings (SSSR count). The van der Waals surface area contributed by atoms with Crippen molar-refractivity contribution in [2.45, 2.75) is 77.8 Å². The standard InChI is InChI=1S/C22H30N2O3/c1-6-22(4,5)24(20(26)16-7-8-16)18-13-19(25)23(21(18)27)17-11-9-15(10-12-17)14(2)3/h9-12,14,16,18H,6-8,13H2,1-5H3. The fourth-order valence-corrected chi connectivity index (χ4v) is 3.67. The second-order valence-corrected chi connectivity index (χ2v) is 8.68. The zero-order chi connectivity index (χ0) is 19.9. The number of rotatable bonds is 6. The molecule has 0 spiro atoms. The number of carbonyl (C=O) groups is 3. The van der Waals surface area contributed by atoms with Crippen LogP contribution in [-0.2, 0) is 14.4 Å². The van der Waals surface area contributed by atoms with Crippen LogP contribution in [0.1, 0.15) is 71.8 Å². The first-order valence-corrected chi connectivity index (χ1v) is 9.97. The van der Waals surface area contributed by atoms with Crippen LogP contribution in [0.25, 0.3) is 0 Å². The lowest BCUT2D eigenvalue weighted by molar-refractivity contribution is -0.146. The van der Waals surface area contributed by atoms with E-state index in [9.17, 15) is 14.4 Å². The van der Waals surface area contributed by atoms with Crippen molar-refractivity contribution in [1.82, 2.24) is 4.90 Å². The van der Waals surface area contributed by atoms with Crippen LogP contribution in [-0.4, -0.2) is 34.2 Å². The Morgan fingerprint density at radius 3 is 2.26 bits per heavy atom. The topological polar surface area (TPSA) is 57.7 Å². The van der Waals surface area contributed by atoms with Crippen molar-refractivity contribution in [2.75, 3.05) is 4.90 Å². The van der Waals surface area contributed by atoms with E-state index in [0.29, 0.717) is 11.6 Å². The summed E-state index contributed by atoms with van der Waals surface area (Å²) in [6.07, 6.45) is 2.55. The summed E-state index contributed by atoms with van der Waals surface area (Å²) >= 11 is 0. The molecule has 1 aromatic carbocycles. The van der Waals surface area contributed by atoms with Crippen LogP contribution in [0.4, 0.5) is 5.69 Å². The van der Waals surface area contributed by atoms with Gasteiger partial charge in [0.1, 0.15) is 6.04 Å². The first kappa shape index (κ1) is 19.6. The fraction of sp³-hybridized carbons (Fsp3) is 0.591. The number of imide groups is 1. The molecule has 1 saturated carbocycles. The van der Waals surface area contributed by atoms with E-state index < -0.39 is 11.6 Å². The van der Waals surface area contributed by atoms with Gasteiger partial charge in [-0.2, -0.15) is 0 Å². The maximum atomic E-state index is 13.2. The average molecular weight is 370 g/mol. The number of carbonyl (C=O) groups excluding carboxylic acids is 3. The molecule has 1 aliphatic heterocycles. The van der Waals surface area contributed by atoms with E-state index in [1.54, 1.807) is 4.90 Å². The van der Waals surface area contributed by atoms with Crippen molar-refractivity contribution in [3.05, 3.63) is 29.8 Å². The van der Waals surface area contributed by atoms with Crippen molar-refractivity contribution < 1.29 is 14.4 Å². The van der Waals surface area contributed by atoms with Crippen LogP contribution in [0.3, 0.4) is 0 Å². The van der Waals surface area contributed by atoms with Gasteiger partial charge in [0.2, 0.25) is 11.8 Å². The van der Waals surface area contributed by atoms with Gasteiger partial charge in [0.25, 0.3) is 5.91 Å². The minimum Gasteiger partial charge on any atom is -0.325 e. The van der Waals surface area contributed by atoms with Crippen LogP contribution >= 0.6 is 0 Å². The van der Waals surface area contributed by atoms with Crippen LogP contribution in [0.2, 0.25) is 0 Å². The van der Waals surface area contributed by atoms with Gasteiger partial charge in [-0.25, -0.2) is 4.90 Å². The second-order valence-electron chi connectivity index (χ2n) is 8.68. The highest BCUT2D eigenvalue weighted by atomic mass is 16.2. The van der Waals surface area contributed by atoms with Gasteiger partial charge in [0.05, 0.1) is 12.1 Å². The van der Waals surface area contributed by atoms with Gasteiger partial charge in [0.15, 0.2) is 0 Å². The van der Waals surface area contributed by atoms with E-state index in [0.717, 1.165) is 24.8 Å². The Morgan fingerprint density at radius 1 is 1.19 bits per heavy atom. The predicted molar refractivity (Wildman–Crippen MR) is 105 cm³/mol. The third-order valence-electron chi connectivity index (χ3n) is 5.93. The third-order valence-corrected chi connectivity index (χ3v) is 5.93. The predicted octanol–water partition coefficient (Wildman–Crippen LogP) is 3.87. The van der Waals surface area contributed by atoms with E-state index in [2.05, 4.69) is 13.8 Å². The molecule has 3 amide bonds. The van der Waals surface area contributed by atoms with E-state index in [1.807, 2.05) is 45.0 Å². The third kappa shape index (κ3) is 3.64. The van der Waals surface area contributed by atoms with E-state index in [1.165, 1.54) is 4.90 Å². The maximum Gasteiger partial charge on any atom is 0.257 e. The van der Waals surface area contributed by atoms with E-state index >= 15 is 0 Å². The molecule has 0 N–H and O–H groups in total. The molecule has 0 bridgehead atoms. The lowest BCUT2D eigenvalue weighted by Gasteiger charge is -2.41. The molecule has 1 aromatic rings. The molecular formula is C22H30N2O3. The molecule has 5 heteroatoms. The van der Waals surface area contributed by atoms with Crippen molar-refractivity contribution >= 4 is 23.4 Å². The number of hydrogen-bond acceptors (Lipinski definition) is 3. The molecule has 5 nitrogen and oxygen atoms in total. The Bertz CT molecular complexity index is 747. The lowest BCUT2D eigenvalue weighted by atomic mass is 9.95. The molecule has 1 saturated heterocycles. The molecule has 146 valence electrons. The molecule has 1 aliphatic carbocycles. The number of hydrogen-bond donors (Lipinski definition) is 0. The van der Waals surface area contributed by atoms with Crippen molar-refractivity contribution in [1.29, 1.82) is 0 Å². The van der Waals surface area contributed by atoms with Crippen molar-refractivity contribution in [3.8, 4) is 0 Å². The Morgan fingerprint density at radius 2 is 1.78 bits per heavy atom. The van der Waals surface area contributed by atoms with Crippen LogP contribution in [0, 0.1) is 5.92 Å². The fourth-order valence-electron chi connectivity index (χ4n) is 3.67. The minimum atomic E-state index is -0.703. The van der Waals surface area contributed by atoms with Crippen LogP contribution < -0.4 is 4.90 Å². The Kier molecular flexibility index (Phi) is 5.15. The number of amides is 3. The van der Waals surface area contributed by atoms with Gasteiger partial charge in [-0.3, -0.25) is 14.4 Å². The number of anilines is 1. The molecule has 1 unspecified atom stereocenters. The zero-order valence-electron chi connectivity index (χ0n) is 17.0. The number of nitrogens with zero attached hydrogens (tertiary/aromatic N) is 2. The van der Waals surface area contributed by atoms with Crippen LogP contribution in [0.15, 0.2) is 24.3 Å². The summed E-state index contributed by atoms with van der Waals surface area (Å²) < 4.78 is 0. The van der Waals surface area contributed by atoms with Gasteiger partial charge >= 0.3 is 0 Å². The summed E-state index contributed by atoms with van der Waals surface area (Å²) in [5.41, 5.74) is 1.29. The largest absolute Gasteiger partial charge is 0.325 e. The molecule has 2 fully saturated rings. The molecule has 1 atom stereocenters.